The van der Waals surface area contributed by atoms with Crippen LogP contribution in [0.5, 0.6) is 0 Å². The Morgan fingerprint density at radius 2 is 2.33 bits per heavy atom. The quantitative estimate of drug-likeness (QED) is 0.765. The van der Waals surface area contributed by atoms with Crippen LogP contribution in [-0.4, -0.2) is 35.2 Å². The summed E-state index contributed by atoms with van der Waals surface area (Å²) >= 11 is 0. The topological polar surface area (TPSA) is 23.5 Å². The first-order valence-electron chi connectivity index (χ1n) is 6.01. The molecule has 84 valence electrons. The van der Waals surface area contributed by atoms with Gasteiger partial charge in [-0.15, -0.1) is 0 Å². The van der Waals surface area contributed by atoms with Gasteiger partial charge in [-0.2, -0.15) is 0 Å². The SMILES string of the molecule is CC[C@]1(N2CC[C@@H](CO)C2)C=CC=CC1. The number of allylic oxidation sites excluding steroid dienone is 2. The maximum Gasteiger partial charge on any atom is 0.0471 e. The van der Waals surface area contributed by atoms with Crippen molar-refractivity contribution in [1.29, 1.82) is 0 Å². The van der Waals surface area contributed by atoms with Gasteiger partial charge in [0.05, 0.1) is 0 Å². The number of hydrogen-bond acceptors (Lipinski definition) is 2. The lowest BCUT2D eigenvalue weighted by Crippen LogP contribution is -2.46. The zero-order chi connectivity index (χ0) is 10.7. The third-order valence-electron chi connectivity index (χ3n) is 3.91. The van der Waals surface area contributed by atoms with Crippen molar-refractivity contribution < 1.29 is 5.11 Å². The van der Waals surface area contributed by atoms with Crippen LogP contribution < -0.4 is 0 Å². The molecule has 1 aliphatic carbocycles. The molecule has 1 saturated heterocycles. The van der Waals surface area contributed by atoms with Gasteiger partial charge in [-0.25, -0.2) is 0 Å². The first-order valence-corrected chi connectivity index (χ1v) is 6.01. The van der Waals surface area contributed by atoms with Crippen molar-refractivity contribution in [2.75, 3.05) is 19.7 Å². The lowest BCUT2D eigenvalue weighted by molar-refractivity contribution is 0.143. The molecule has 0 bridgehead atoms. The molecule has 0 radical (unpaired) electrons. The Balaban J connectivity index is 2.07. The second-order valence-corrected chi connectivity index (χ2v) is 4.73. The fourth-order valence-corrected chi connectivity index (χ4v) is 2.76. The van der Waals surface area contributed by atoms with Crippen molar-refractivity contribution in [2.45, 2.75) is 31.7 Å². The highest BCUT2D eigenvalue weighted by Crippen LogP contribution is 2.33. The summed E-state index contributed by atoms with van der Waals surface area (Å²) in [4.78, 5) is 2.55. The van der Waals surface area contributed by atoms with E-state index in [0.29, 0.717) is 12.5 Å². The number of nitrogens with zero attached hydrogens (tertiary/aromatic N) is 1. The predicted octanol–water partition coefficient (Wildman–Crippen LogP) is 1.97. The molecule has 1 heterocycles. The first kappa shape index (κ1) is 10.9. The molecule has 2 aliphatic rings. The van der Waals surface area contributed by atoms with Crippen LogP contribution in [0.4, 0.5) is 0 Å². The van der Waals surface area contributed by atoms with Gasteiger partial charge in [0.25, 0.3) is 0 Å². The van der Waals surface area contributed by atoms with Crippen LogP contribution in [0.15, 0.2) is 24.3 Å². The minimum absolute atomic E-state index is 0.235. The standard InChI is InChI=1S/C13H21NO/c1-2-13(7-4-3-5-8-13)14-9-6-12(10-14)11-15/h3-5,7,12,15H,2,6,8-11H2,1H3/t12-,13+/m1/s1. The average molecular weight is 207 g/mol. The molecule has 0 aromatic carbocycles. The van der Waals surface area contributed by atoms with E-state index in [1.54, 1.807) is 0 Å². The fourth-order valence-electron chi connectivity index (χ4n) is 2.76. The van der Waals surface area contributed by atoms with Crippen LogP contribution in [0.25, 0.3) is 0 Å². The maximum absolute atomic E-state index is 9.18. The van der Waals surface area contributed by atoms with Gasteiger partial charge in [-0.3, -0.25) is 4.90 Å². The van der Waals surface area contributed by atoms with Crippen molar-refractivity contribution in [3.8, 4) is 0 Å². The lowest BCUT2D eigenvalue weighted by atomic mass is 9.87. The zero-order valence-electron chi connectivity index (χ0n) is 9.52. The number of aliphatic hydroxyl groups excluding tert-OH is 1. The van der Waals surface area contributed by atoms with Gasteiger partial charge >= 0.3 is 0 Å². The Morgan fingerprint density at radius 3 is 2.87 bits per heavy atom. The molecule has 0 saturated carbocycles. The molecule has 2 nitrogen and oxygen atoms in total. The molecule has 2 atom stereocenters. The van der Waals surface area contributed by atoms with Crippen molar-refractivity contribution in [2.24, 2.45) is 5.92 Å². The second-order valence-electron chi connectivity index (χ2n) is 4.73. The Morgan fingerprint density at radius 1 is 1.47 bits per heavy atom. The van der Waals surface area contributed by atoms with E-state index >= 15 is 0 Å². The normalized spacial score (nSPS) is 36.3. The predicted molar refractivity (Wildman–Crippen MR) is 62.7 cm³/mol. The molecule has 0 amide bonds. The highest BCUT2D eigenvalue weighted by Gasteiger charge is 2.36. The van der Waals surface area contributed by atoms with Gasteiger partial charge in [0.2, 0.25) is 0 Å². The highest BCUT2D eigenvalue weighted by molar-refractivity contribution is 5.21. The summed E-state index contributed by atoms with van der Waals surface area (Å²) in [6.45, 7) is 4.80. The molecule has 15 heavy (non-hydrogen) atoms. The highest BCUT2D eigenvalue weighted by atomic mass is 16.3. The van der Waals surface area contributed by atoms with Crippen LogP contribution in [-0.2, 0) is 0 Å². The van der Waals surface area contributed by atoms with E-state index in [1.165, 1.54) is 0 Å². The summed E-state index contributed by atoms with van der Waals surface area (Å²) in [6, 6.07) is 0. The summed E-state index contributed by atoms with van der Waals surface area (Å²) in [5.74, 6) is 0.493. The third kappa shape index (κ3) is 2.01. The van der Waals surface area contributed by atoms with Crippen LogP contribution >= 0.6 is 0 Å². The second kappa shape index (κ2) is 4.50. The Labute approximate surface area is 92.3 Å². The summed E-state index contributed by atoms with van der Waals surface area (Å²) in [6.07, 6.45) is 12.3. The number of aliphatic hydroxyl groups is 1. The number of hydrogen-bond donors (Lipinski definition) is 1. The molecule has 0 unspecified atom stereocenters. The van der Waals surface area contributed by atoms with E-state index in [0.717, 1.165) is 32.4 Å². The van der Waals surface area contributed by atoms with Gasteiger partial charge in [-0.05, 0) is 31.7 Å². The zero-order valence-corrected chi connectivity index (χ0v) is 9.52. The summed E-state index contributed by atoms with van der Waals surface area (Å²) in [5, 5.41) is 9.18. The van der Waals surface area contributed by atoms with E-state index in [2.05, 4.69) is 36.1 Å². The van der Waals surface area contributed by atoms with Gasteiger partial charge < -0.3 is 5.11 Å². The Bertz CT molecular complexity index is 272. The van der Waals surface area contributed by atoms with E-state index in [9.17, 15) is 5.11 Å². The van der Waals surface area contributed by atoms with Crippen molar-refractivity contribution in [1.82, 2.24) is 4.90 Å². The summed E-state index contributed by atoms with van der Waals surface area (Å²) in [5.41, 5.74) is 0.235. The average Bonchev–Trinajstić information content (AvgIpc) is 2.79. The van der Waals surface area contributed by atoms with E-state index in [-0.39, 0.29) is 5.54 Å². The Kier molecular flexibility index (Phi) is 3.27. The fraction of sp³-hybridized carbons (Fsp3) is 0.692. The van der Waals surface area contributed by atoms with Crippen molar-refractivity contribution >= 4 is 0 Å². The van der Waals surface area contributed by atoms with E-state index < -0.39 is 0 Å². The molecule has 1 aliphatic heterocycles. The van der Waals surface area contributed by atoms with Crippen molar-refractivity contribution in [3.63, 3.8) is 0 Å². The molecule has 1 fully saturated rings. The molecule has 1 N–H and O–H groups in total. The molecular formula is C13H21NO. The molecule has 0 aromatic rings. The third-order valence-corrected chi connectivity index (χ3v) is 3.91. The van der Waals surface area contributed by atoms with Gasteiger partial charge in [0.15, 0.2) is 0 Å². The van der Waals surface area contributed by atoms with Crippen LogP contribution in [0.3, 0.4) is 0 Å². The first-order chi connectivity index (χ1) is 7.30. The van der Waals surface area contributed by atoms with Crippen LogP contribution in [0.1, 0.15) is 26.2 Å². The molecule has 2 heteroatoms. The largest absolute Gasteiger partial charge is 0.396 e. The van der Waals surface area contributed by atoms with Crippen molar-refractivity contribution in [3.05, 3.63) is 24.3 Å². The monoisotopic (exact) mass is 207 g/mol. The smallest absolute Gasteiger partial charge is 0.0471 e. The molecule has 2 rings (SSSR count). The molecule has 0 aromatic heterocycles. The summed E-state index contributed by atoms with van der Waals surface area (Å²) < 4.78 is 0. The van der Waals surface area contributed by atoms with Gasteiger partial charge in [-0.1, -0.05) is 31.2 Å². The minimum Gasteiger partial charge on any atom is -0.396 e. The maximum atomic E-state index is 9.18. The van der Waals surface area contributed by atoms with E-state index in [1.807, 2.05) is 0 Å². The van der Waals surface area contributed by atoms with Crippen LogP contribution in [0.2, 0.25) is 0 Å². The number of rotatable bonds is 3. The van der Waals surface area contributed by atoms with Crippen LogP contribution in [0, 0.1) is 5.92 Å². The van der Waals surface area contributed by atoms with Gasteiger partial charge in [0, 0.05) is 18.7 Å². The Hall–Kier alpha value is -0.600. The lowest BCUT2D eigenvalue weighted by Gasteiger charge is -2.39. The summed E-state index contributed by atoms with van der Waals surface area (Å²) in [7, 11) is 0. The molecule has 0 spiro atoms. The van der Waals surface area contributed by atoms with E-state index in [4.69, 9.17) is 0 Å². The molecular weight excluding hydrogens is 186 g/mol. The number of likely N-dealkylation sites (tertiary alicyclic amines) is 1. The van der Waals surface area contributed by atoms with Gasteiger partial charge in [0.1, 0.15) is 0 Å². The minimum atomic E-state index is 0.235.